The molecule has 0 aromatic rings. The van der Waals surface area contributed by atoms with Gasteiger partial charge in [0, 0.05) is 6.04 Å². The van der Waals surface area contributed by atoms with Crippen molar-refractivity contribution < 1.29 is 0 Å². The van der Waals surface area contributed by atoms with Gasteiger partial charge in [-0.25, -0.2) is 0 Å². The lowest BCUT2D eigenvalue weighted by atomic mass is 10.1. The molecule has 1 unspecified atom stereocenters. The molecule has 0 aliphatic carbocycles. The molecule has 0 aromatic carbocycles. The van der Waals surface area contributed by atoms with Gasteiger partial charge in [0.15, 0.2) is 0 Å². The van der Waals surface area contributed by atoms with Gasteiger partial charge in [-0.05, 0) is 46.3 Å². The van der Waals surface area contributed by atoms with Crippen molar-refractivity contribution in [2.24, 2.45) is 5.73 Å². The van der Waals surface area contributed by atoms with Crippen LogP contribution in [0.4, 0.5) is 0 Å². The Bertz CT molecular complexity index is 102. The summed E-state index contributed by atoms with van der Waals surface area (Å²) in [7, 11) is 2.21. The fourth-order valence-electron chi connectivity index (χ4n) is 1.39. The minimum absolute atomic E-state index is 0.376. The van der Waals surface area contributed by atoms with E-state index in [9.17, 15) is 0 Å². The summed E-state index contributed by atoms with van der Waals surface area (Å²) in [5, 5.41) is 0. The van der Waals surface area contributed by atoms with Crippen LogP contribution in [0.2, 0.25) is 0 Å². The van der Waals surface area contributed by atoms with Gasteiger partial charge in [0.05, 0.1) is 0 Å². The molecule has 0 spiro atoms. The number of hydrogen-bond donors (Lipinski definition) is 1. The van der Waals surface area contributed by atoms with Crippen LogP contribution in [0.25, 0.3) is 0 Å². The highest BCUT2D eigenvalue weighted by Gasteiger charge is 1.98. The van der Waals surface area contributed by atoms with E-state index >= 15 is 0 Å². The molecule has 0 amide bonds. The molecule has 0 bridgehead atoms. The molecule has 0 aromatic heterocycles. The van der Waals surface area contributed by atoms with Crippen molar-refractivity contribution in [2.75, 3.05) is 20.1 Å². The highest BCUT2D eigenvalue weighted by molar-refractivity contribution is 4.56. The summed E-state index contributed by atoms with van der Waals surface area (Å²) in [5.74, 6) is 0. The minimum Gasteiger partial charge on any atom is -0.328 e. The van der Waals surface area contributed by atoms with Gasteiger partial charge in [-0.3, -0.25) is 0 Å². The van der Waals surface area contributed by atoms with Crippen molar-refractivity contribution >= 4 is 0 Å². The van der Waals surface area contributed by atoms with Crippen molar-refractivity contribution in [3.8, 4) is 0 Å². The maximum Gasteiger partial charge on any atom is 0.00104 e. The van der Waals surface area contributed by atoms with Crippen LogP contribution in [0, 0.1) is 0 Å². The van der Waals surface area contributed by atoms with E-state index in [2.05, 4.69) is 25.8 Å². The molecule has 2 N–H and O–H groups in total. The number of hydrogen-bond acceptors (Lipinski definition) is 2. The Kier molecular flexibility index (Phi) is 8.46. The SMILES string of the molecule is CCCCN(C)CCCCC(C)N. The minimum atomic E-state index is 0.376. The van der Waals surface area contributed by atoms with E-state index in [1.807, 2.05) is 0 Å². The highest BCUT2D eigenvalue weighted by atomic mass is 15.1. The van der Waals surface area contributed by atoms with E-state index in [0.717, 1.165) is 0 Å². The molecule has 2 nitrogen and oxygen atoms in total. The Morgan fingerprint density at radius 3 is 2.31 bits per heavy atom. The molecule has 0 fully saturated rings. The number of rotatable bonds is 8. The van der Waals surface area contributed by atoms with E-state index in [-0.39, 0.29) is 0 Å². The topological polar surface area (TPSA) is 29.3 Å². The molecule has 0 aliphatic rings. The van der Waals surface area contributed by atoms with Gasteiger partial charge < -0.3 is 10.6 Å². The fourth-order valence-corrected chi connectivity index (χ4v) is 1.39. The van der Waals surface area contributed by atoms with Crippen LogP contribution in [0.15, 0.2) is 0 Å². The average Bonchev–Trinajstić information content (AvgIpc) is 2.08. The van der Waals surface area contributed by atoms with Crippen molar-refractivity contribution in [3.05, 3.63) is 0 Å². The summed E-state index contributed by atoms with van der Waals surface area (Å²) in [6, 6.07) is 0.376. The second kappa shape index (κ2) is 8.52. The van der Waals surface area contributed by atoms with Crippen LogP contribution < -0.4 is 5.73 Å². The first-order valence-electron chi connectivity index (χ1n) is 5.61. The first kappa shape index (κ1) is 12.9. The van der Waals surface area contributed by atoms with Gasteiger partial charge in [-0.1, -0.05) is 19.8 Å². The molecule has 0 rings (SSSR count). The predicted molar refractivity (Wildman–Crippen MR) is 59.9 cm³/mol. The summed E-state index contributed by atoms with van der Waals surface area (Å²) in [6.45, 7) is 6.80. The molecule has 0 radical (unpaired) electrons. The Morgan fingerprint density at radius 1 is 1.15 bits per heavy atom. The Labute approximate surface area is 83.5 Å². The summed E-state index contributed by atoms with van der Waals surface area (Å²) in [5.41, 5.74) is 5.68. The van der Waals surface area contributed by atoms with E-state index in [0.29, 0.717) is 6.04 Å². The van der Waals surface area contributed by atoms with Gasteiger partial charge in [-0.2, -0.15) is 0 Å². The van der Waals surface area contributed by atoms with Crippen molar-refractivity contribution in [2.45, 2.75) is 52.0 Å². The summed E-state index contributed by atoms with van der Waals surface area (Å²) in [4.78, 5) is 2.42. The molecular formula is C11H26N2. The van der Waals surface area contributed by atoms with Gasteiger partial charge in [0.25, 0.3) is 0 Å². The zero-order chi connectivity index (χ0) is 10.1. The van der Waals surface area contributed by atoms with Crippen molar-refractivity contribution in [3.63, 3.8) is 0 Å². The van der Waals surface area contributed by atoms with Gasteiger partial charge in [-0.15, -0.1) is 0 Å². The maximum absolute atomic E-state index is 5.68. The second-order valence-electron chi connectivity index (χ2n) is 4.13. The fraction of sp³-hybridized carbons (Fsp3) is 1.00. The quantitative estimate of drug-likeness (QED) is 0.589. The lowest BCUT2D eigenvalue weighted by molar-refractivity contribution is 0.317. The monoisotopic (exact) mass is 186 g/mol. The smallest absolute Gasteiger partial charge is 0.00104 e. The molecule has 0 aliphatic heterocycles. The largest absolute Gasteiger partial charge is 0.328 e. The van der Waals surface area contributed by atoms with Gasteiger partial charge >= 0.3 is 0 Å². The third kappa shape index (κ3) is 9.84. The van der Waals surface area contributed by atoms with Gasteiger partial charge in [0.2, 0.25) is 0 Å². The van der Waals surface area contributed by atoms with E-state index < -0.39 is 0 Å². The van der Waals surface area contributed by atoms with Crippen molar-refractivity contribution in [1.29, 1.82) is 0 Å². The van der Waals surface area contributed by atoms with Crippen LogP contribution in [0.5, 0.6) is 0 Å². The number of nitrogens with two attached hydrogens (primary N) is 1. The lowest BCUT2D eigenvalue weighted by Crippen LogP contribution is -2.21. The third-order valence-corrected chi connectivity index (χ3v) is 2.34. The molecule has 13 heavy (non-hydrogen) atoms. The standard InChI is InChI=1S/C11H26N2/c1-4-5-9-13(3)10-7-6-8-11(2)12/h11H,4-10,12H2,1-3H3. The van der Waals surface area contributed by atoms with Crippen LogP contribution >= 0.6 is 0 Å². The summed E-state index contributed by atoms with van der Waals surface area (Å²) < 4.78 is 0. The Hall–Kier alpha value is -0.0800. The molecule has 0 heterocycles. The average molecular weight is 186 g/mol. The molecule has 1 atom stereocenters. The normalized spacial score (nSPS) is 13.6. The zero-order valence-corrected chi connectivity index (χ0v) is 9.55. The molecule has 2 heteroatoms. The number of nitrogens with zero attached hydrogens (tertiary/aromatic N) is 1. The number of unbranched alkanes of at least 4 members (excludes halogenated alkanes) is 2. The highest BCUT2D eigenvalue weighted by Crippen LogP contribution is 2.00. The predicted octanol–water partition coefficient (Wildman–Crippen LogP) is 2.24. The molecule has 0 saturated carbocycles. The van der Waals surface area contributed by atoms with Crippen LogP contribution in [-0.2, 0) is 0 Å². The third-order valence-electron chi connectivity index (χ3n) is 2.34. The molecular weight excluding hydrogens is 160 g/mol. The van der Waals surface area contributed by atoms with E-state index in [1.54, 1.807) is 0 Å². The van der Waals surface area contributed by atoms with E-state index in [4.69, 9.17) is 5.73 Å². The first-order valence-corrected chi connectivity index (χ1v) is 5.61. The zero-order valence-electron chi connectivity index (χ0n) is 9.55. The summed E-state index contributed by atoms with van der Waals surface area (Å²) >= 11 is 0. The van der Waals surface area contributed by atoms with E-state index in [1.165, 1.54) is 45.2 Å². The van der Waals surface area contributed by atoms with Crippen LogP contribution in [0.3, 0.4) is 0 Å². The van der Waals surface area contributed by atoms with Crippen LogP contribution in [0.1, 0.15) is 46.0 Å². The molecule has 0 saturated heterocycles. The van der Waals surface area contributed by atoms with Crippen molar-refractivity contribution in [1.82, 2.24) is 4.90 Å². The Morgan fingerprint density at radius 2 is 1.77 bits per heavy atom. The first-order chi connectivity index (χ1) is 6.16. The second-order valence-corrected chi connectivity index (χ2v) is 4.13. The maximum atomic E-state index is 5.68. The summed E-state index contributed by atoms with van der Waals surface area (Å²) in [6.07, 6.45) is 6.35. The lowest BCUT2D eigenvalue weighted by Gasteiger charge is -2.15. The Balaban J connectivity index is 3.12. The van der Waals surface area contributed by atoms with Gasteiger partial charge in [0.1, 0.15) is 0 Å². The molecule has 80 valence electrons. The van der Waals surface area contributed by atoms with Crippen LogP contribution in [-0.4, -0.2) is 31.1 Å².